The van der Waals surface area contributed by atoms with Gasteiger partial charge in [0.15, 0.2) is 0 Å². The van der Waals surface area contributed by atoms with Crippen LogP contribution in [0.4, 0.5) is 0 Å². The molecular weight excluding hydrogens is 294 g/mol. The average molecular weight is 313 g/mol. The number of nitrogens with one attached hydrogen (secondary N) is 2. The standard InChI is InChI=1S/C13H19N3O4S/c1-9-5-6-11(12(17)14-9)13(18)16-7-3-4-10(8-16)15-21(2,19)20/h5-6,10,15H,3-4,7-8H2,1-2H3,(H,14,17)/t10-/m0/s1. The lowest BCUT2D eigenvalue weighted by atomic mass is 10.1. The second-order valence-corrected chi connectivity index (χ2v) is 7.14. The normalized spacial score (nSPS) is 19.5. The number of likely N-dealkylation sites (tertiary alicyclic amines) is 1. The molecule has 116 valence electrons. The van der Waals surface area contributed by atoms with Gasteiger partial charge in [-0.1, -0.05) is 0 Å². The van der Waals surface area contributed by atoms with Gasteiger partial charge >= 0.3 is 0 Å². The van der Waals surface area contributed by atoms with E-state index in [1.165, 1.54) is 11.0 Å². The van der Waals surface area contributed by atoms with Crippen LogP contribution in [0.25, 0.3) is 0 Å². The van der Waals surface area contributed by atoms with Gasteiger partial charge in [0.05, 0.1) is 6.26 Å². The van der Waals surface area contributed by atoms with Gasteiger partial charge in [-0.3, -0.25) is 9.59 Å². The molecule has 1 atom stereocenters. The van der Waals surface area contributed by atoms with Gasteiger partial charge in [0.25, 0.3) is 11.5 Å². The summed E-state index contributed by atoms with van der Waals surface area (Å²) in [6, 6.07) is 2.87. The van der Waals surface area contributed by atoms with Crippen molar-refractivity contribution in [2.75, 3.05) is 19.3 Å². The zero-order chi connectivity index (χ0) is 15.6. The molecule has 1 aromatic rings. The fourth-order valence-corrected chi connectivity index (χ4v) is 3.27. The van der Waals surface area contributed by atoms with Crippen LogP contribution in [0.2, 0.25) is 0 Å². The molecule has 8 heteroatoms. The van der Waals surface area contributed by atoms with Crippen LogP contribution in [0.5, 0.6) is 0 Å². The Morgan fingerprint density at radius 1 is 1.43 bits per heavy atom. The molecule has 0 unspecified atom stereocenters. The van der Waals surface area contributed by atoms with Crippen molar-refractivity contribution in [3.63, 3.8) is 0 Å². The van der Waals surface area contributed by atoms with E-state index in [-0.39, 0.29) is 24.1 Å². The van der Waals surface area contributed by atoms with Crippen LogP contribution in [0.15, 0.2) is 16.9 Å². The summed E-state index contributed by atoms with van der Waals surface area (Å²) < 4.78 is 25.0. The number of amides is 1. The molecule has 1 aliphatic rings. The Morgan fingerprint density at radius 3 is 2.76 bits per heavy atom. The van der Waals surface area contributed by atoms with Crippen molar-refractivity contribution in [3.8, 4) is 0 Å². The maximum Gasteiger partial charge on any atom is 0.260 e. The highest BCUT2D eigenvalue weighted by Crippen LogP contribution is 2.13. The van der Waals surface area contributed by atoms with E-state index in [0.717, 1.165) is 6.26 Å². The molecule has 0 radical (unpaired) electrons. The number of nitrogens with zero attached hydrogens (tertiary/aromatic N) is 1. The Hall–Kier alpha value is -1.67. The lowest BCUT2D eigenvalue weighted by Gasteiger charge is -2.32. The van der Waals surface area contributed by atoms with Crippen molar-refractivity contribution in [3.05, 3.63) is 33.7 Å². The van der Waals surface area contributed by atoms with Crippen LogP contribution in [-0.2, 0) is 10.0 Å². The van der Waals surface area contributed by atoms with E-state index in [2.05, 4.69) is 9.71 Å². The van der Waals surface area contributed by atoms with E-state index in [0.29, 0.717) is 25.1 Å². The molecule has 1 fully saturated rings. The SMILES string of the molecule is Cc1ccc(C(=O)N2CCC[C@H](NS(C)(=O)=O)C2)c(=O)[nH]1. The van der Waals surface area contributed by atoms with Gasteiger partial charge in [0, 0.05) is 24.8 Å². The van der Waals surface area contributed by atoms with Crippen LogP contribution in [0.1, 0.15) is 28.9 Å². The van der Waals surface area contributed by atoms with Crippen molar-refractivity contribution in [1.29, 1.82) is 0 Å². The van der Waals surface area contributed by atoms with Crippen molar-refractivity contribution < 1.29 is 13.2 Å². The second kappa shape index (κ2) is 5.98. The summed E-state index contributed by atoms with van der Waals surface area (Å²) in [6.07, 6.45) is 2.47. The highest BCUT2D eigenvalue weighted by atomic mass is 32.2. The predicted molar refractivity (Wildman–Crippen MR) is 78.7 cm³/mol. The van der Waals surface area contributed by atoms with E-state index in [4.69, 9.17) is 0 Å². The molecule has 0 spiro atoms. The number of H-pyrrole nitrogens is 1. The number of aromatic nitrogens is 1. The number of aromatic amines is 1. The van der Waals surface area contributed by atoms with Crippen molar-refractivity contribution in [2.24, 2.45) is 0 Å². The molecule has 1 amide bonds. The summed E-state index contributed by atoms with van der Waals surface area (Å²) in [6.45, 7) is 2.54. The molecule has 0 aliphatic carbocycles. The third-order valence-corrected chi connectivity index (χ3v) is 4.14. The third-order valence-electron chi connectivity index (χ3n) is 3.38. The van der Waals surface area contributed by atoms with Gasteiger partial charge < -0.3 is 9.88 Å². The van der Waals surface area contributed by atoms with Crippen LogP contribution in [0, 0.1) is 6.92 Å². The van der Waals surface area contributed by atoms with E-state index in [9.17, 15) is 18.0 Å². The van der Waals surface area contributed by atoms with Crippen molar-refractivity contribution >= 4 is 15.9 Å². The average Bonchev–Trinajstić information content (AvgIpc) is 2.36. The van der Waals surface area contributed by atoms with Gasteiger partial charge in [0.1, 0.15) is 5.56 Å². The highest BCUT2D eigenvalue weighted by Gasteiger charge is 2.27. The first-order valence-electron chi connectivity index (χ1n) is 6.73. The maximum atomic E-state index is 12.4. The van der Waals surface area contributed by atoms with Gasteiger partial charge in [-0.05, 0) is 31.9 Å². The summed E-state index contributed by atoms with van der Waals surface area (Å²) in [5.41, 5.74) is 0.352. The number of hydrogen-bond acceptors (Lipinski definition) is 4. The number of rotatable bonds is 3. The number of hydrogen-bond donors (Lipinski definition) is 2. The number of piperidine rings is 1. The van der Waals surface area contributed by atoms with E-state index in [1.807, 2.05) is 0 Å². The van der Waals surface area contributed by atoms with Crippen LogP contribution < -0.4 is 10.3 Å². The molecular formula is C13H19N3O4S. The first-order valence-corrected chi connectivity index (χ1v) is 8.62. The minimum atomic E-state index is -3.31. The minimum Gasteiger partial charge on any atom is -0.337 e. The molecule has 0 saturated carbocycles. The summed E-state index contributed by atoms with van der Waals surface area (Å²) in [5, 5.41) is 0. The van der Waals surface area contributed by atoms with E-state index in [1.54, 1.807) is 13.0 Å². The quantitative estimate of drug-likeness (QED) is 0.809. The van der Waals surface area contributed by atoms with Crippen molar-refractivity contribution in [2.45, 2.75) is 25.8 Å². The summed E-state index contributed by atoms with van der Waals surface area (Å²) in [4.78, 5) is 28.3. The Balaban J connectivity index is 2.14. The van der Waals surface area contributed by atoms with Crippen LogP contribution >= 0.6 is 0 Å². The fourth-order valence-electron chi connectivity index (χ4n) is 2.47. The highest BCUT2D eigenvalue weighted by molar-refractivity contribution is 7.88. The Morgan fingerprint density at radius 2 is 2.14 bits per heavy atom. The largest absolute Gasteiger partial charge is 0.337 e. The molecule has 2 heterocycles. The van der Waals surface area contributed by atoms with Gasteiger partial charge in [-0.15, -0.1) is 0 Å². The van der Waals surface area contributed by atoms with Gasteiger partial charge in [0.2, 0.25) is 10.0 Å². The summed E-state index contributed by atoms with van der Waals surface area (Å²) >= 11 is 0. The monoisotopic (exact) mass is 313 g/mol. The Bertz CT molecular complexity index is 696. The van der Waals surface area contributed by atoms with Crippen LogP contribution in [-0.4, -0.2) is 49.6 Å². The number of carbonyl (C=O) groups excluding carboxylic acids is 1. The number of aryl methyl sites for hydroxylation is 1. The predicted octanol–water partition coefficient (Wildman–Crippen LogP) is -0.163. The third kappa shape index (κ3) is 4.15. The maximum absolute atomic E-state index is 12.4. The topological polar surface area (TPSA) is 99.3 Å². The molecule has 1 aromatic heterocycles. The smallest absolute Gasteiger partial charge is 0.260 e. The first-order chi connectivity index (χ1) is 9.76. The summed E-state index contributed by atoms with van der Waals surface area (Å²) in [7, 11) is -3.31. The van der Waals surface area contributed by atoms with Crippen LogP contribution in [0.3, 0.4) is 0 Å². The lowest BCUT2D eigenvalue weighted by molar-refractivity contribution is 0.0701. The molecule has 1 aliphatic heterocycles. The second-order valence-electron chi connectivity index (χ2n) is 5.36. The van der Waals surface area contributed by atoms with Gasteiger partial charge in [-0.2, -0.15) is 0 Å². The molecule has 0 bridgehead atoms. The first kappa shape index (κ1) is 15.7. The number of pyridine rings is 1. The number of carbonyl (C=O) groups is 1. The molecule has 2 rings (SSSR count). The van der Waals surface area contributed by atoms with Gasteiger partial charge in [-0.25, -0.2) is 13.1 Å². The molecule has 2 N–H and O–H groups in total. The fraction of sp³-hybridized carbons (Fsp3) is 0.538. The van der Waals surface area contributed by atoms with E-state index < -0.39 is 15.6 Å². The molecule has 21 heavy (non-hydrogen) atoms. The summed E-state index contributed by atoms with van der Waals surface area (Å²) in [5.74, 6) is -0.365. The Kier molecular flexibility index (Phi) is 4.48. The van der Waals surface area contributed by atoms with Crippen molar-refractivity contribution in [1.82, 2.24) is 14.6 Å². The zero-order valence-corrected chi connectivity index (χ0v) is 12.9. The molecule has 1 saturated heterocycles. The number of sulfonamides is 1. The molecule has 7 nitrogen and oxygen atoms in total. The molecule has 0 aromatic carbocycles. The lowest BCUT2D eigenvalue weighted by Crippen LogP contribution is -2.50. The zero-order valence-electron chi connectivity index (χ0n) is 12.0. The Labute approximate surface area is 123 Å². The van der Waals surface area contributed by atoms with E-state index >= 15 is 0 Å². The minimum absolute atomic E-state index is 0.0839.